The molecule has 0 heterocycles. The van der Waals surface area contributed by atoms with E-state index in [9.17, 15) is 10.1 Å². The minimum Gasteiger partial charge on any atom is -0.382 e. The van der Waals surface area contributed by atoms with Gasteiger partial charge >= 0.3 is 5.69 Å². The van der Waals surface area contributed by atoms with Gasteiger partial charge in [0.1, 0.15) is 11.4 Å². The van der Waals surface area contributed by atoms with E-state index in [1.165, 1.54) is 0 Å². The summed E-state index contributed by atoms with van der Waals surface area (Å²) in [6, 6.07) is 10.8. The van der Waals surface area contributed by atoms with E-state index in [0.717, 1.165) is 15.7 Å². The van der Waals surface area contributed by atoms with E-state index in [2.05, 4.69) is 26.6 Å². The topological polar surface area (TPSA) is 67.2 Å². The molecule has 0 fully saturated rings. The van der Waals surface area contributed by atoms with Crippen LogP contribution in [0.2, 0.25) is 0 Å². The van der Waals surface area contributed by atoms with Gasteiger partial charge in [0.05, 0.1) is 4.92 Å². The Morgan fingerprint density at radius 3 is 2.50 bits per heavy atom. The monoisotopic (exact) mass is 335 g/mol. The molecule has 0 saturated carbocycles. The number of rotatable bonds is 4. The molecule has 0 aliphatic carbocycles. The molecule has 2 rings (SSSR count). The van der Waals surface area contributed by atoms with E-state index >= 15 is 0 Å². The van der Waals surface area contributed by atoms with Crippen LogP contribution >= 0.6 is 15.9 Å². The highest BCUT2D eigenvalue weighted by Gasteiger charge is 2.18. The van der Waals surface area contributed by atoms with E-state index < -0.39 is 0 Å². The minimum atomic E-state index is -0.389. The van der Waals surface area contributed by atoms with Gasteiger partial charge in [-0.15, -0.1) is 0 Å². The zero-order valence-electron chi connectivity index (χ0n) is 11.1. The standard InChI is InChI=1S/C14H14BrN3O2/c1-9-8-10(6-7-11(9)15)17-13-5-3-4-12(16-2)14(13)18(19)20/h3-8,16-17H,1-2H3. The second-order valence-electron chi connectivity index (χ2n) is 4.30. The van der Waals surface area contributed by atoms with Crippen LogP contribution < -0.4 is 10.6 Å². The van der Waals surface area contributed by atoms with Crippen molar-refractivity contribution in [1.29, 1.82) is 0 Å². The summed E-state index contributed by atoms with van der Waals surface area (Å²) in [4.78, 5) is 10.8. The van der Waals surface area contributed by atoms with Crippen molar-refractivity contribution >= 4 is 38.7 Å². The third-order valence-electron chi connectivity index (χ3n) is 2.92. The SMILES string of the molecule is CNc1cccc(Nc2ccc(Br)c(C)c2)c1[N+](=O)[O-]. The number of nitrogens with one attached hydrogen (secondary N) is 2. The smallest absolute Gasteiger partial charge is 0.315 e. The van der Waals surface area contributed by atoms with E-state index in [4.69, 9.17) is 0 Å². The lowest BCUT2D eigenvalue weighted by atomic mass is 10.2. The van der Waals surface area contributed by atoms with E-state index in [0.29, 0.717) is 11.4 Å². The summed E-state index contributed by atoms with van der Waals surface area (Å²) in [5, 5.41) is 17.2. The second-order valence-corrected chi connectivity index (χ2v) is 5.15. The van der Waals surface area contributed by atoms with Gasteiger partial charge in [0.2, 0.25) is 0 Å². The number of aryl methyl sites for hydroxylation is 1. The number of nitro groups is 1. The Bertz CT molecular complexity index is 659. The maximum Gasteiger partial charge on any atom is 0.315 e. The molecule has 0 radical (unpaired) electrons. The molecule has 6 heteroatoms. The molecule has 20 heavy (non-hydrogen) atoms. The molecule has 5 nitrogen and oxygen atoms in total. The summed E-state index contributed by atoms with van der Waals surface area (Å²) in [6.45, 7) is 1.97. The van der Waals surface area contributed by atoms with Crippen molar-refractivity contribution in [2.45, 2.75) is 6.92 Å². The van der Waals surface area contributed by atoms with Crippen LogP contribution in [0.15, 0.2) is 40.9 Å². The number of para-hydroxylation sites is 1. The molecule has 0 unspecified atom stereocenters. The lowest BCUT2D eigenvalue weighted by Crippen LogP contribution is -2.01. The first kappa shape index (κ1) is 14.3. The maximum atomic E-state index is 11.2. The first-order chi connectivity index (χ1) is 9.52. The van der Waals surface area contributed by atoms with Crippen molar-refractivity contribution in [3.05, 3.63) is 56.5 Å². The molecule has 2 aromatic rings. The van der Waals surface area contributed by atoms with Crippen molar-refractivity contribution in [2.24, 2.45) is 0 Å². The molecule has 0 saturated heterocycles. The summed E-state index contributed by atoms with van der Waals surface area (Å²) in [7, 11) is 1.66. The van der Waals surface area contributed by atoms with Gasteiger partial charge in [0.25, 0.3) is 0 Å². The van der Waals surface area contributed by atoms with Crippen molar-refractivity contribution in [1.82, 2.24) is 0 Å². The quantitative estimate of drug-likeness (QED) is 0.639. The minimum absolute atomic E-state index is 0.0376. The fourth-order valence-electron chi connectivity index (χ4n) is 1.92. The first-order valence-corrected chi connectivity index (χ1v) is 6.80. The number of benzene rings is 2. The molecule has 0 atom stereocenters. The lowest BCUT2D eigenvalue weighted by molar-refractivity contribution is -0.383. The molecular weight excluding hydrogens is 322 g/mol. The Morgan fingerprint density at radius 1 is 1.20 bits per heavy atom. The summed E-state index contributed by atoms with van der Waals surface area (Å²) < 4.78 is 1.00. The summed E-state index contributed by atoms with van der Waals surface area (Å²) in [5.74, 6) is 0. The maximum absolute atomic E-state index is 11.2. The third-order valence-corrected chi connectivity index (χ3v) is 3.81. The van der Waals surface area contributed by atoms with Gasteiger partial charge in [0.15, 0.2) is 0 Å². The molecule has 0 amide bonds. The van der Waals surface area contributed by atoms with Crippen molar-refractivity contribution in [3.8, 4) is 0 Å². The van der Waals surface area contributed by atoms with Gasteiger partial charge < -0.3 is 10.6 Å². The molecule has 104 valence electrons. The predicted molar refractivity (Wildman–Crippen MR) is 84.8 cm³/mol. The molecule has 0 aliphatic heterocycles. The van der Waals surface area contributed by atoms with Crippen LogP contribution in [0, 0.1) is 17.0 Å². The van der Waals surface area contributed by atoms with Crippen LogP contribution in [-0.2, 0) is 0 Å². The number of nitrogens with zero attached hydrogens (tertiary/aromatic N) is 1. The summed E-state index contributed by atoms with van der Waals surface area (Å²) in [6.07, 6.45) is 0. The average Bonchev–Trinajstić information content (AvgIpc) is 2.42. The van der Waals surface area contributed by atoms with Crippen LogP contribution in [0.25, 0.3) is 0 Å². The molecule has 2 N–H and O–H groups in total. The van der Waals surface area contributed by atoms with Crippen molar-refractivity contribution in [3.63, 3.8) is 0 Å². The molecule has 0 aliphatic rings. The van der Waals surface area contributed by atoms with E-state index in [1.807, 2.05) is 25.1 Å². The van der Waals surface area contributed by atoms with Gasteiger partial charge in [-0.2, -0.15) is 0 Å². The predicted octanol–water partition coefficient (Wildman–Crippen LogP) is 4.45. The molecule has 0 spiro atoms. The van der Waals surface area contributed by atoms with E-state index in [1.54, 1.807) is 25.2 Å². The Labute approximate surface area is 125 Å². The highest BCUT2D eigenvalue weighted by molar-refractivity contribution is 9.10. The summed E-state index contributed by atoms with van der Waals surface area (Å²) >= 11 is 3.43. The number of anilines is 3. The second kappa shape index (κ2) is 5.92. The molecule has 0 aromatic heterocycles. The van der Waals surface area contributed by atoms with Gasteiger partial charge in [-0.1, -0.05) is 22.0 Å². The van der Waals surface area contributed by atoms with E-state index in [-0.39, 0.29) is 10.6 Å². The number of nitro benzene ring substituents is 1. The molecule has 2 aromatic carbocycles. The first-order valence-electron chi connectivity index (χ1n) is 6.01. The highest BCUT2D eigenvalue weighted by Crippen LogP contribution is 2.34. The zero-order chi connectivity index (χ0) is 14.7. The van der Waals surface area contributed by atoms with Crippen molar-refractivity contribution < 1.29 is 4.92 Å². The van der Waals surface area contributed by atoms with Gasteiger partial charge in [-0.3, -0.25) is 10.1 Å². The number of hydrogen-bond acceptors (Lipinski definition) is 4. The van der Waals surface area contributed by atoms with Crippen LogP contribution in [0.5, 0.6) is 0 Å². The average molecular weight is 336 g/mol. The van der Waals surface area contributed by atoms with Crippen LogP contribution in [-0.4, -0.2) is 12.0 Å². The van der Waals surface area contributed by atoms with Crippen LogP contribution in [0.3, 0.4) is 0 Å². The molecule has 0 bridgehead atoms. The lowest BCUT2D eigenvalue weighted by Gasteiger charge is -2.11. The Kier molecular flexibility index (Phi) is 4.24. The van der Waals surface area contributed by atoms with Gasteiger partial charge in [-0.05, 0) is 42.8 Å². The largest absolute Gasteiger partial charge is 0.382 e. The Hall–Kier alpha value is -2.08. The highest BCUT2D eigenvalue weighted by atomic mass is 79.9. The van der Waals surface area contributed by atoms with Crippen molar-refractivity contribution in [2.75, 3.05) is 17.7 Å². The molecular formula is C14H14BrN3O2. The van der Waals surface area contributed by atoms with Crippen LogP contribution in [0.4, 0.5) is 22.7 Å². The summed E-state index contributed by atoms with van der Waals surface area (Å²) in [5.41, 5.74) is 2.84. The van der Waals surface area contributed by atoms with Crippen LogP contribution in [0.1, 0.15) is 5.56 Å². The normalized spacial score (nSPS) is 10.2. The number of hydrogen-bond donors (Lipinski definition) is 2. The fraction of sp³-hybridized carbons (Fsp3) is 0.143. The Balaban J connectivity index is 2.42. The van der Waals surface area contributed by atoms with Gasteiger partial charge in [-0.25, -0.2) is 0 Å². The van der Waals surface area contributed by atoms with Gasteiger partial charge in [0, 0.05) is 17.2 Å². The Morgan fingerprint density at radius 2 is 1.90 bits per heavy atom. The zero-order valence-corrected chi connectivity index (χ0v) is 12.7. The fourth-order valence-corrected chi connectivity index (χ4v) is 2.17. The number of halogens is 1. The third kappa shape index (κ3) is 2.91.